The van der Waals surface area contributed by atoms with E-state index in [9.17, 15) is 95.0 Å². The van der Waals surface area contributed by atoms with Crippen LogP contribution in [0.25, 0.3) is 10.9 Å². The average molecular weight is 1910 g/mol. The van der Waals surface area contributed by atoms with Gasteiger partial charge in [-0.1, -0.05) is 108 Å². The van der Waals surface area contributed by atoms with Gasteiger partial charge >= 0.3 is 12.2 Å². The number of carbonyl (C=O) groups excluding carboxylic acids is 16. The number of para-hydroxylation sites is 1. The number of rotatable bonds is 20. The minimum absolute atomic E-state index is 0.0388. The van der Waals surface area contributed by atoms with Crippen LogP contribution < -0.4 is 62.3 Å². The van der Waals surface area contributed by atoms with Crippen LogP contribution in [0, 0.1) is 75.9 Å². The first-order valence-electron chi connectivity index (χ1n) is 43.2. The van der Waals surface area contributed by atoms with Crippen molar-refractivity contribution in [2.75, 3.05) is 61.2 Å². The number of benzene rings is 7. The second-order valence-electron chi connectivity index (χ2n) is 34.1. The van der Waals surface area contributed by atoms with E-state index in [2.05, 4.69) is 84.2 Å². The van der Waals surface area contributed by atoms with Crippen LogP contribution in [0.3, 0.4) is 0 Å². The summed E-state index contributed by atoms with van der Waals surface area (Å²) in [7, 11) is 6.06. The van der Waals surface area contributed by atoms with E-state index >= 15 is 0 Å². The third-order valence-electron chi connectivity index (χ3n) is 25.0. The number of methoxy groups -OCH3 is 4. The van der Waals surface area contributed by atoms with Crippen molar-refractivity contribution in [3.05, 3.63) is 251 Å². The minimum Gasteiger partial charge on any atom is -0.497 e. The highest BCUT2D eigenvalue weighted by Crippen LogP contribution is 2.41. The van der Waals surface area contributed by atoms with Gasteiger partial charge in [0, 0.05) is 132 Å². The van der Waals surface area contributed by atoms with Crippen molar-refractivity contribution in [2.45, 2.75) is 96.4 Å². The molecule has 0 spiro atoms. The molecule has 0 radical (unpaired) electrons. The Balaban J connectivity index is 0.000000141. The van der Waals surface area contributed by atoms with E-state index in [0.29, 0.717) is 96.6 Å². The molecule has 5 saturated heterocycles. The highest BCUT2D eigenvalue weighted by Gasteiger charge is 2.54. The fourth-order valence-electron chi connectivity index (χ4n) is 17.4. The number of aryl methyl sites for hydroxylation is 2. The standard InChI is InChI=1S/C26H23N5O6.C26H21N3O5.C25H21F3N2O5S.C24H21N3O5/c1-37-18-7-4-16-12-31(21(33)19(16)10-18)14-25(11-20(32)28-22(25)34)9-8-15-2-5-17(6-3-15)26(13-27)23(35)29-24(36)30-26;1-34-18-7-6-17-13-29(24(32)20(17)10-18)15-26(11-23(31)28-25(26)33)9-8-16-12-27-22-5-3-2-4-19(22)21(16)14-30;1-35-16-6-5-15-13-30(22(33)19(15)11-16)14-24(12-21(32)29-23(24)34)10-9-18-8-7-17(36-18)3-2-4-20(31)25(26,27)28;1-14-3-4-16(21(25)29)9-15(14)7-8-24(11-20(28)26-23(24)31)13-27-12-17-5-6-18(32-2)10-19(17)22(27)30/h2-7,10H,11-14,27H2,1H3,(H,28,32,34)(H2,29,30,35,36);2-7,10,12,30H,11,13-15H2,1H3,(H,28,31,33);5-8,11H,2-4,12-14H2,1H3,(H,29,32,34);3-6,9-10H,11-13H2,1-2H3,(H2,25,29)(H,26,28,31)/t25-,26-;26-;2*24-/m1111/s1. The SMILES string of the molecule is COc1ccc2c(c1)C(=O)N(C[C@@]1(C#Cc3cc(C(N)=O)ccc3C)CC(=O)NC1=O)C2.COc1ccc2c(c1)C(=O)N(C[C@@]1(C#Cc3ccc(CCCC(=O)C(F)(F)F)s3)CC(=O)NC1=O)C2.COc1ccc2c(c1)C(=O)N(C[C@@]1(C#Cc3ccc([C@@]4(CN)NC(=O)NC4=O)cc3)CC(=O)NC1=O)C2.COc1ccc2c(c1)C(=O)N(C[C@@]1(C#Cc3cnc4ccccc4c3CO)CC(=O)NC1=O)C2. The summed E-state index contributed by atoms with van der Waals surface area (Å²) in [5.41, 5.74) is 13.7. The number of nitrogens with zero attached hydrogens (tertiary/aromatic N) is 5. The molecular formula is C101H86F3N13O21S. The number of halogens is 3. The summed E-state index contributed by atoms with van der Waals surface area (Å²) in [6.45, 7) is 2.36. The summed E-state index contributed by atoms with van der Waals surface area (Å²) in [5.74, 6) is 17.7. The molecule has 9 aromatic rings. The molecular weight excluding hydrogens is 1820 g/mol. The lowest BCUT2D eigenvalue weighted by molar-refractivity contribution is -0.171. The van der Waals surface area contributed by atoms with Gasteiger partial charge in [0.25, 0.3) is 29.5 Å². The molecule has 5 fully saturated rings. The van der Waals surface area contributed by atoms with Crippen molar-refractivity contribution in [1.82, 2.24) is 56.5 Å². The van der Waals surface area contributed by atoms with Crippen LogP contribution in [-0.2, 0) is 92.7 Å². The van der Waals surface area contributed by atoms with Crippen LogP contribution in [0.15, 0.2) is 158 Å². The first-order chi connectivity index (χ1) is 66.3. The van der Waals surface area contributed by atoms with Gasteiger partial charge in [-0.3, -0.25) is 103 Å². The van der Waals surface area contributed by atoms with Crippen molar-refractivity contribution >= 4 is 117 Å². The molecule has 0 unspecified atom stereocenters. The molecule has 9 aliphatic heterocycles. The molecule has 18 rings (SSSR count). The van der Waals surface area contributed by atoms with Gasteiger partial charge in [0.1, 0.15) is 44.7 Å². The Kier molecular flexibility index (Phi) is 27.4. The highest BCUT2D eigenvalue weighted by atomic mass is 32.1. The summed E-state index contributed by atoms with van der Waals surface area (Å²) in [4.78, 5) is 210. The Labute approximate surface area is 795 Å². The van der Waals surface area contributed by atoms with Crippen molar-refractivity contribution in [1.29, 1.82) is 0 Å². The summed E-state index contributed by atoms with van der Waals surface area (Å²) < 4.78 is 57.9. The lowest BCUT2D eigenvalue weighted by Crippen LogP contribution is -2.49. The number of pyridine rings is 1. The number of aliphatic hydroxyl groups excluding tert-OH is 1. The van der Waals surface area contributed by atoms with Crippen molar-refractivity contribution < 1.29 is 114 Å². The van der Waals surface area contributed by atoms with Crippen molar-refractivity contribution in [3.63, 3.8) is 0 Å². The fraction of sp³-hybridized carbons (Fsp3) is 0.277. The smallest absolute Gasteiger partial charge is 0.449 e. The van der Waals surface area contributed by atoms with Gasteiger partial charge < -0.3 is 60.4 Å². The number of alkyl halides is 3. The zero-order valence-corrected chi connectivity index (χ0v) is 75.9. The molecule has 139 heavy (non-hydrogen) atoms. The number of hydrogen-bond donors (Lipinski definition) is 9. The summed E-state index contributed by atoms with van der Waals surface area (Å²) in [6, 6.07) is 42.3. The Morgan fingerprint density at radius 3 is 1.27 bits per heavy atom. The maximum absolute atomic E-state index is 13.1. The number of Topliss-reactive ketones (excluding diaryl/α,β-unsaturated/α-hetero) is 1. The number of ether oxygens (including phenoxy) is 4. The van der Waals surface area contributed by atoms with E-state index in [1.807, 2.05) is 43.3 Å². The minimum atomic E-state index is -4.83. The fourth-order valence-corrected chi connectivity index (χ4v) is 18.3. The Morgan fingerprint density at radius 2 is 0.899 bits per heavy atom. The Hall–Kier alpha value is -16.7. The number of hydrogen-bond acceptors (Lipinski definition) is 24. The van der Waals surface area contributed by atoms with E-state index in [4.69, 9.17) is 30.4 Å². The van der Waals surface area contributed by atoms with Crippen LogP contribution in [0.4, 0.5) is 18.0 Å². The molecule has 0 aliphatic carbocycles. The number of ketones is 1. The molecule has 16 amide bonds. The molecule has 11 N–H and O–H groups in total. The monoisotopic (exact) mass is 1910 g/mol. The lowest BCUT2D eigenvalue weighted by atomic mass is 9.85. The van der Waals surface area contributed by atoms with Crippen molar-refractivity contribution in [2.24, 2.45) is 33.1 Å². The summed E-state index contributed by atoms with van der Waals surface area (Å²) in [5, 5.41) is 24.7. The molecule has 9 aliphatic rings. The number of aromatic nitrogens is 1. The van der Waals surface area contributed by atoms with E-state index in [1.165, 1.54) is 59.4 Å². The number of aliphatic hydroxyl groups is 1. The molecule has 11 heterocycles. The number of nitrogens with one attached hydrogen (secondary N) is 6. The third kappa shape index (κ3) is 20.1. The first-order valence-corrected chi connectivity index (χ1v) is 44.0. The number of nitrogens with two attached hydrogens (primary N) is 2. The third-order valence-corrected chi connectivity index (χ3v) is 26.0. The molecule has 34 nitrogen and oxygen atoms in total. The molecule has 708 valence electrons. The molecule has 38 heteroatoms. The normalized spacial score (nSPS) is 20.5. The van der Waals surface area contributed by atoms with Crippen LogP contribution in [0.2, 0.25) is 0 Å². The molecule has 2 aromatic heterocycles. The molecule has 7 aromatic carbocycles. The molecule has 0 bridgehead atoms. The van der Waals surface area contributed by atoms with E-state index in [0.717, 1.165) is 43.6 Å². The van der Waals surface area contributed by atoms with Gasteiger partial charge in [0.2, 0.25) is 58.9 Å². The number of imide groups is 5. The zero-order valence-electron chi connectivity index (χ0n) is 75.1. The first kappa shape index (κ1) is 96.9. The number of thiophene rings is 1. The topological polar surface area (TPSA) is 480 Å². The quantitative estimate of drug-likeness (QED) is 0.0243. The summed E-state index contributed by atoms with van der Waals surface area (Å²) in [6.07, 6.45) is -4.23. The molecule has 0 saturated carbocycles. The largest absolute Gasteiger partial charge is 0.497 e. The van der Waals surface area contributed by atoms with Crippen LogP contribution in [0.1, 0.15) is 156 Å². The second-order valence-corrected chi connectivity index (χ2v) is 35.3. The van der Waals surface area contributed by atoms with Crippen molar-refractivity contribution in [3.8, 4) is 70.4 Å². The number of carbonyl (C=O) groups is 16. The van der Waals surface area contributed by atoms with Gasteiger partial charge in [-0.05, 0) is 144 Å². The second kappa shape index (κ2) is 39.3. The number of urea groups is 1. The average Bonchev–Trinajstić information content (AvgIpc) is 1.57. The number of fused-ring (bicyclic) bond motifs is 5. The van der Waals surface area contributed by atoms with Crippen LogP contribution in [0.5, 0.6) is 23.0 Å². The predicted molar refractivity (Wildman–Crippen MR) is 489 cm³/mol. The van der Waals surface area contributed by atoms with Crippen LogP contribution >= 0.6 is 11.3 Å². The van der Waals surface area contributed by atoms with Gasteiger partial charge in [-0.25, -0.2) is 4.79 Å². The maximum atomic E-state index is 13.1. The predicted octanol–water partition coefficient (Wildman–Crippen LogP) is 5.90. The Bertz CT molecular complexity index is 7050. The summed E-state index contributed by atoms with van der Waals surface area (Å²) >= 11 is 1.24. The van der Waals surface area contributed by atoms with Gasteiger partial charge in [0.05, 0.1) is 71.1 Å². The maximum Gasteiger partial charge on any atom is 0.449 e. The van der Waals surface area contributed by atoms with E-state index in [1.54, 1.807) is 121 Å². The van der Waals surface area contributed by atoms with E-state index in [-0.39, 0.29) is 115 Å². The lowest BCUT2D eigenvalue weighted by Gasteiger charge is -2.26. The molecule has 5 atom stereocenters. The number of amides is 16. The van der Waals surface area contributed by atoms with Crippen LogP contribution in [-0.4, -0.2) is 192 Å². The van der Waals surface area contributed by atoms with Gasteiger partial charge in [-0.2, -0.15) is 13.2 Å². The highest BCUT2D eigenvalue weighted by molar-refractivity contribution is 7.12. The van der Waals surface area contributed by atoms with Gasteiger partial charge in [-0.15, -0.1) is 11.3 Å². The Morgan fingerprint density at radius 1 is 0.489 bits per heavy atom. The number of primary amides is 1. The van der Waals surface area contributed by atoms with Gasteiger partial charge in [0.15, 0.2) is 5.54 Å². The van der Waals surface area contributed by atoms with E-state index < -0.39 is 111 Å². The zero-order chi connectivity index (χ0) is 99.4.